The normalized spacial score (nSPS) is 10.1. The Morgan fingerprint density at radius 3 is 2.75 bits per heavy atom. The summed E-state index contributed by atoms with van der Waals surface area (Å²) >= 11 is 0. The number of nitrogens with two attached hydrogens (primary N) is 1. The second-order valence-electron chi connectivity index (χ2n) is 3.42. The van der Waals surface area contributed by atoms with E-state index in [0.29, 0.717) is 31.6 Å². The van der Waals surface area contributed by atoms with Crippen molar-refractivity contribution in [3.8, 4) is 0 Å². The lowest BCUT2D eigenvalue weighted by molar-refractivity contribution is -0.118. The van der Waals surface area contributed by atoms with Crippen LogP contribution in [0.25, 0.3) is 0 Å². The van der Waals surface area contributed by atoms with Gasteiger partial charge >= 0.3 is 0 Å². The third kappa shape index (κ3) is 4.07. The molecule has 0 aliphatic heterocycles. The van der Waals surface area contributed by atoms with Crippen LogP contribution in [0.15, 0.2) is 0 Å². The molecular formula is C9H15N5O2. The Hall–Kier alpha value is -1.92. The summed E-state index contributed by atoms with van der Waals surface area (Å²) in [7, 11) is 0. The number of amides is 2. The van der Waals surface area contributed by atoms with Crippen LogP contribution in [0.3, 0.4) is 0 Å². The number of carbonyl (C=O) groups is 2. The largest absolute Gasteiger partial charge is 0.370 e. The highest BCUT2D eigenvalue weighted by Gasteiger charge is 2.09. The number of hydrogen-bond acceptors (Lipinski definition) is 4. The Balaban J connectivity index is 2.18. The summed E-state index contributed by atoms with van der Waals surface area (Å²) in [5.74, 6) is 0.0885. The minimum atomic E-state index is -0.323. The number of aryl methyl sites for hydroxylation is 1. The van der Waals surface area contributed by atoms with Crippen molar-refractivity contribution in [2.24, 2.45) is 5.73 Å². The first-order chi connectivity index (χ1) is 7.59. The highest BCUT2D eigenvalue weighted by Crippen LogP contribution is 1.94. The summed E-state index contributed by atoms with van der Waals surface area (Å²) in [5, 5.41) is 8.95. The molecule has 0 aliphatic rings. The zero-order chi connectivity index (χ0) is 12.0. The van der Waals surface area contributed by atoms with Crippen molar-refractivity contribution < 1.29 is 9.59 Å². The molecule has 1 rings (SSSR count). The highest BCUT2D eigenvalue weighted by atomic mass is 16.2. The van der Waals surface area contributed by atoms with Crippen molar-refractivity contribution in [3.63, 3.8) is 0 Å². The van der Waals surface area contributed by atoms with Crippen molar-refractivity contribution in [1.82, 2.24) is 20.5 Å². The van der Waals surface area contributed by atoms with Crippen molar-refractivity contribution in [2.75, 3.05) is 6.54 Å². The molecule has 2 amide bonds. The Labute approximate surface area is 92.8 Å². The Morgan fingerprint density at radius 2 is 2.19 bits per heavy atom. The van der Waals surface area contributed by atoms with E-state index in [1.165, 1.54) is 0 Å². The van der Waals surface area contributed by atoms with E-state index in [1.54, 1.807) is 6.92 Å². The molecule has 7 heteroatoms. The maximum absolute atomic E-state index is 11.4. The maximum atomic E-state index is 11.4. The maximum Gasteiger partial charge on any atom is 0.290 e. The highest BCUT2D eigenvalue weighted by molar-refractivity contribution is 5.90. The van der Waals surface area contributed by atoms with E-state index in [1.807, 2.05) is 0 Å². The number of aromatic amines is 1. The number of aromatic nitrogens is 3. The third-order valence-corrected chi connectivity index (χ3v) is 1.94. The predicted octanol–water partition coefficient (Wildman–Crippen LogP) is -0.501. The van der Waals surface area contributed by atoms with E-state index >= 15 is 0 Å². The van der Waals surface area contributed by atoms with Gasteiger partial charge in [-0.1, -0.05) is 0 Å². The van der Waals surface area contributed by atoms with Crippen LogP contribution in [0.5, 0.6) is 0 Å². The summed E-state index contributed by atoms with van der Waals surface area (Å²) in [4.78, 5) is 25.7. The number of primary amides is 1. The van der Waals surface area contributed by atoms with Crippen LogP contribution in [0.4, 0.5) is 0 Å². The fourth-order valence-corrected chi connectivity index (χ4v) is 1.15. The summed E-state index contributed by atoms with van der Waals surface area (Å²) in [5.41, 5.74) is 4.98. The van der Waals surface area contributed by atoms with Gasteiger partial charge in [0, 0.05) is 13.0 Å². The molecule has 0 aliphatic carbocycles. The molecule has 1 aromatic heterocycles. The van der Waals surface area contributed by atoms with Gasteiger partial charge in [-0.25, -0.2) is 4.98 Å². The van der Waals surface area contributed by atoms with Crippen LogP contribution < -0.4 is 11.1 Å². The number of carbonyl (C=O) groups excluding carboxylic acids is 2. The van der Waals surface area contributed by atoms with E-state index in [-0.39, 0.29) is 17.6 Å². The summed E-state index contributed by atoms with van der Waals surface area (Å²) < 4.78 is 0. The SMILES string of the molecule is Cc1nc(C(=O)NCCCCC(N)=O)n[nH]1. The van der Waals surface area contributed by atoms with Crippen molar-refractivity contribution in [1.29, 1.82) is 0 Å². The number of hydrogen-bond donors (Lipinski definition) is 3. The molecule has 0 bridgehead atoms. The van der Waals surface area contributed by atoms with Gasteiger partial charge in [0.05, 0.1) is 0 Å². The van der Waals surface area contributed by atoms with E-state index in [4.69, 9.17) is 5.73 Å². The van der Waals surface area contributed by atoms with Crippen molar-refractivity contribution in [2.45, 2.75) is 26.2 Å². The van der Waals surface area contributed by atoms with Crippen LogP contribution in [-0.2, 0) is 4.79 Å². The molecule has 88 valence electrons. The second kappa shape index (κ2) is 5.84. The monoisotopic (exact) mass is 225 g/mol. The molecule has 0 radical (unpaired) electrons. The van der Waals surface area contributed by atoms with Gasteiger partial charge in [0.15, 0.2) is 0 Å². The van der Waals surface area contributed by atoms with E-state index in [2.05, 4.69) is 20.5 Å². The van der Waals surface area contributed by atoms with Crippen LogP contribution in [-0.4, -0.2) is 33.5 Å². The minimum absolute atomic E-state index is 0.132. The van der Waals surface area contributed by atoms with E-state index < -0.39 is 0 Å². The Morgan fingerprint density at radius 1 is 1.44 bits per heavy atom. The van der Waals surface area contributed by atoms with Gasteiger partial charge in [-0.15, -0.1) is 5.10 Å². The first-order valence-electron chi connectivity index (χ1n) is 5.05. The standard InChI is InChI=1S/C9H15N5O2/c1-6-12-8(14-13-6)9(16)11-5-3-2-4-7(10)15/h2-5H2,1H3,(H2,10,15)(H,11,16)(H,12,13,14). The molecule has 16 heavy (non-hydrogen) atoms. The van der Waals surface area contributed by atoms with Crippen molar-refractivity contribution in [3.05, 3.63) is 11.6 Å². The summed E-state index contributed by atoms with van der Waals surface area (Å²) in [6, 6.07) is 0. The molecule has 4 N–H and O–H groups in total. The zero-order valence-corrected chi connectivity index (χ0v) is 9.12. The predicted molar refractivity (Wildman–Crippen MR) is 56.5 cm³/mol. The smallest absolute Gasteiger partial charge is 0.290 e. The van der Waals surface area contributed by atoms with Crippen LogP contribution >= 0.6 is 0 Å². The molecule has 0 atom stereocenters. The molecule has 0 aromatic carbocycles. The molecule has 0 saturated heterocycles. The number of nitrogens with zero attached hydrogens (tertiary/aromatic N) is 2. The minimum Gasteiger partial charge on any atom is -0.370 e. The first kappa shape index (κ1) is 12.2. The molecule has 0 saturated carbocycles. The van der Waals surface area contributed by atoms with Crippen LogP contribution in [0.1, 0.15) is 35.7 Å². The Kier molecular flexibility index (Phi) is 4.43. The molecule has 7 nitrogen and oxygen atoms in total. The lowest BCUT2D eigenvalue weighted by Gasteiger charge is -2.01. The fourth-order valence-electron chi connectivity index (χ4n) is 1.15. The number of unbranched alkanes of at least 4 members (excludes halogenated alkanes) is 1. The molecule has 0 fully saturated rings. The second-order valence-corrected chi connectivity index (χ2v) is 3.42. The third-order valence-electron chi connectivity index (χ3n) is 1.94. The van der Waals surface area contributed by atoms with Crippen molar-refractivity contribution >= 4 is 11.8 Å². The lowest BCUT2D eigenvalue weighted by Crippen LogP contribution is -2.25. The topological polar surface area (TPSA) is 114 Å². The van der Waals surface area contributed by atoms with E-state index in [0.717, 1.165) is 0 Å². The van der Waals surface area contributed by atoms with Gasteiger partial charge in [0.1, 0.15) is 5.82 Å². The molecular weight excluding hydrogens is 210 g/mol. The fraction of sp³-hybridized carbons (Fsp3) is 0.556. The molecule has 1 aromatic rings. The summed E-state index contributed by atoms with van der Waals surface area (Å²) in [6.45, 7) is 2.20. The zero-order valence-electron chi connectivity index (χ0n) is 9.12. The summed E-state index contributed by atoms with van der Waals surface area (Å²) in [6.07, 6.45) is 1.72. The first-order valence-corrected chi connectivity index (χ1v) is 5.05. The van der Waals surface area contributed by atoms with Gasteiger partial charge in [-0.05, 0) is 19.8 Å². The average Bonchev–Trinajstić information content (AvgIpc) is 2.63. The molecule has 0 unspecified atom stereocenters. The van der Waals surface area contributed by atoms with E-state index in [9.17, 15) is 9.59 Å². The number of rotatable bonds is 6. The van der Waals surface area contributed by atoms with Gasteiger partial charge in [0.2, 0.25) is 11.7 Å². The van der Waals surface area contributed by atoms with Crippen LogP contribution in [0.2, 0.25) is 0 Å². The van der Waals surface area contributed by atoms with Gasteiger partial charge in [-0.2, -0.15) is 0 Å². The number of H-pyrrole nitrogens is 1. The van der Waals surface area contributed by atoms with Gasteiger partial charge in [-0.3, -0.25) is 14.7 Å². The molecule has 1 heterocycles. The lowest BCUT2D eigenvalue weighted by atomic mass is 10.2. The van der Waals surface area contributed by atoms with Crippen LogP contribution in [0, 0.1) is 6.92 Å². The average molecular weight is 225 g/mol. The Bertz CT molecular complexity index is 374. The van der Waals surface area contributed by atoms with Gasteiger partial charge < -0.3 is 11.1 Å². The quantitative estimate of drug-likeness (QED) is 0.566. The van der Waals surface area contributed by atoms with Gasteiger partial charge in [0.25, 0.3) is 5.91 Å². The number of nitrogens with one attached hydrogen (secondary N) is 2. The molecule has 0 spiro atoms.